The van der Waals surface area contributed by atoms with Crippen molar-refractivity contribution in [2.45, 2.75) is 75.1 Å². The first kappa shape index (κ1) is 32.2. The molecule has 230 valence electrons. The number of amides is 3. The van der Waals surface area contributed by atoms with Gasteiger partial charge in [-0.25, -0.2) is 0 Å². The Kier molecular flexibility index (Phi) is 10.5. The van der Waals surface area contributed by atoms with Crippen molar-refractivity contribution in [3.63, 3.8) is 0 Å². The first-order valence-electron chi connectivity index (χ1n) is 15.0. The summed E-state index contributed by atoms with van der Waals surface area (Å²) in [6.07, 6.45) is 5.32. The summed E-state index contributed by atoms with van der Waals surface area (Å²) in [6, 6.07) is 5.72. The lowest BCUT2D eigenvalue weighted by atomic mass is 9.70. The molecule has 1 spiro atoms. The number of carbonyl (C=O) groups excluding carboxylic acids is 3. The van der Waals surface area contributed by atoms with Gasteiger partial charge in [-0.05, 0) is 50.5 Å². The first-order valence-corrected chi connectivity index (χ1v) is 16.0. The van der Waals surface area contributed by atoms with Crippen LogP contribution in [0.3, 0.4) is 0 Å². The second-order valence-electron chi connectivity index (χ2n) is 11.2. The molecule has 3 heterocycles. The first-order chi connectivity index (χ1) is 20.2. The lowest BCUT2D eigenvalue weighted by Crippen LogP contribution is -2.59. The van der Waals surface area contributed by atoms with Gasteiger partial charge in [0.25, 0.3) is 0 Å². The summed E-state index contributed by atoms with van der Waals surface area (Å²) in [5.74, 6) is -1.78. The fraction of sp³-hybridized carbons (Fsp3) is 0.594. The number of carbonyl (C=O) groups is 3. The average molecular weight is 647 g/mol. The fourth-order valence-electron chi connectivity index (χ4n) is 6.93. The fourth-order valence-corrected chi connectivity index (χ4v) is 7.87. The Balaban J connectivity index is 1.77. The Morgan fingerprint density at radius 2 is 1.88 bits per heavy atom. The van der Waals surface area contributed by atoms with Gasteiger partial charge in [-0.1, -0.05) is 48.4 Å². The summed E-state index contributed by atoms with van der Waals surface area (Å²) < 4.78 is 12.3. The van der Waals surface area contributed by atoms with Crippen LogP contribution in [-0.2, 0) is 19.1 Å². The minimum absolute atomic E-state index is 0.227. The molecule has 0 radical (unpaired) electrons. The Morgan fingerprint density at radius 1 is 1.19 bits per heavy atom. The SMILES string of the molecule is C=CCN(CCCC)C(=O)C1N([C@@H](CC)CO)C(=O)[C@@H]2[C@@H](C(=O)N(CC=C)c3ccc(OCC)cc3)[C@@H]3OC12CC3Br. The summed E-state index contributed by atoms with van der Waals surface area (Å²) in [5, 5.41) is 10.3. The Bertz CT molecular complexity index is 1160. The minimum atomic E-state index is -1.19. The summed E-state index contributed by atoms with van der Waals surface area (Å²) in [5.41, 5.74) is -0.542. The van der Waals surface area contributed by atoms with Crippen LogP contribution >= 0.6 is 15.9 Å². The molecule has 3 amide bonds. The van der Waals surface area contributed by atoms with Crippen LogP contribution < -0.4 is 9.64 Å². The van der Waals surface area contributed by atoms with Crippen molar-refractivity contribution in [2.24, 2.45) is 11.8 Å². The van der Waals surface area contributed by atoms with Crippen molar-refractivity contribution >= 4 is 39.3 Å². The van der Waals surface area contributed by atoms with Crippen LogP contribution in [0.15, 0.2) is 49.6 Å². The van der Waals surface area contributed by atoms with Crippen LogP contribution in [-0.4, -0.2) is 94.1 Å². The van der Waals surface area contributed by atoms with E-state index in [0.717, 1.165) is 12.8 Å². The number of alkyl halides is 1. The molecule has 10 heteroatoms. The number of rotatable bonds is 15. The number of anilines is 1. The normalized spacial score (nSPS) is 28.4. The molecule has 0 saturated carbocycles. The van der Waals surface area contributed by atoms with Crippen LogP contribution in [0.2, 0.25) is 0 Å². The molecule has 9 nitrogen and oxygen atoms in total. The van der Waals surface area contributed by atoms with Crippen molar-refractivity contribution in [1.29, 1.82) is 0 Å². The summed E-state index contributed by atoms with van der Waals surface area (Å²) in [4.78, 5) is 47.9. The molecular formula is C32H44BrN3O6. The van der Waals surface area contributed by atoms with Crippen molar-refractivity contribution in [1.82, 2.24) is 9.80 Å². The highest BCUT2D eigenvalue weighted by molar-refractivity contribution is 9.09. The van der Waals surface area contributed by atoms with E-state index in [1.54, 1.807) is 22.0 Å². The monoisotopic (exact) mass is 645 g/mol. The van der Waals surface area contributed by atoms with Gasteiger partial charge >= 0.3 is 0 Å². The highest BCUT2D eigenvalue weighted by Crippen LogP contribution is 2.61. The van der Waals surface area contributed by atoms with Crippen LogP contribution in [0.5, 0.6) is 5.75 Å². The van der Waals surface area contributed by atoms with Crippen LogP contribution in [0.1, 0.15) is 46.5 Å². The zero-order valence-corrected chi connectivity index (χ0v) is 26.5. The number of nitrogens with zero attached hydrogens (tertiary/aromatic N) is 3. The number of hydrogen-bond acceptors (Lipinski definition) is 6. The molecule has 2 bridgehead atoms. The second-order valence-corrected chi connectivity index (χ2v) is 12.4. The van der Waals surface area contributed by atoms with Crippen molar-refractivity contribution in [3.8, 4) is 5.75 Å². The molecule has 1 N–H and O–H groups in total. The number of ether oxygens (including phenoxy) is 2. The average Bonchev–Trinajstić information content (AvgIpc) is 3.58. The number of fused-ring (bicyclic) bond motifs is 1. The maximum absolute atomic E-state index is 14.5. The van der Waals surface area contributed by atoms with Crippen molar-refractivity contribution in [2.75, 3.05) is 37.7 Å². The second kappa shape index (κ2) is 13.7. The van der Waals surface area contributed by atoms with Gasteiger partial charge in [-0.2, -0.15) is 0 Å². The smallest absolute Gasteiger partial charge is 0.248 e. The van der Waals surface area contributed by atoms with E-state index in [1.807, 2.05) is 38.1 Å². The van der Waals surface area contributed by atoms with Gasteiger partial charge in [0.05, 0.1) is 37.2 Å². The molecule has 3 aliphatic rings. The predicted molar refractivity (Wildman–Crippen MR) is 166 cm³/mol. The van der Waals surface area contributed by atoms with E-state index in [1.165, 1.54) is 4.90 Å². The lowest BCUT2D eigenvalue weighted by Gasteiger charge is -2.39. The Morgan fingerprint density at radius 3 is 2.45 bits per heavy atom. The zero-order chi connectivity index (χ0) is 30.6. The number of benzene rings is 1. The van der Waals surface area contributed by atoms with E-state index in [-0.39, 0.29) is 35.7 Å². The standard InChI is InChI=1S/C32H44BrN3O6/c1-6-11-18-34(16-7-2)31(40)28-32-19-24(33)27(42-32)25(26(32)30(39)36(28)21(9-4)20-37)29(38)35(17-8-3)22-12-14-23(15-13-22)41-10-5/h7-8,12-15,21,24-28,37H,2-3,6,9-11,16-20H2,1,4-5H3/t21-,24?,25+,26-,27+,28?,32?/m0/s1. The molecule has 1 aromatic rings. The maximum atomic E-state index is 14.5. The third kappa shape index (κ3) is 5.53. The van der Waals surface area contributed by atoms with Gasteiger partial charge in [-0.15, -0.1) is 13.2 Å². The Hall–Kier alpha value is -2.69. The molecule has 0 aromatic heterocycles. The van der Waals surface area contributed by atoms with Crippen LogP contribution in [0.25, 0.3) is 0 Å². The third-order valence-electron chi connectivity index (χ3n) is 8.80. The highest BCUT2D eigenvalue weighted by Gasteiger charge is 2.77. The quantitative estimate of drug-likeness (QED) is 0.229. The van der Waals surface area contributed by atoms with Gasteiger partial charge in [0.1, 0.15) is 17.4 Å². The molecule has 0 aliphatic carbocycles. The molecule has 7 atom stereocenters. The van der Waals surface area contributed by atoms with Gasteiger partial charge in [0, 0.05) is 30.1 Å². The minimum Gasteiger partial charge on any atom is -0.494 e. The maximum Gasteiger partial charge on any atom is 0.248 e. The lowest BCUT2D eigenvalue weighted by molar-refractivity contribution is -0.151. The van der Waals surface area contributed by atoms with E-state index < -0.39 is 35.6 Å². The molecule has 3 saturated heterocycles. The summed E-state index contributed by atoms with van der Waals surface area (Å²) in [6.45, 7) is 14.9. The zero-order valence-electron chi connectivity index (χ0n) is 24.9. The molecule has 3 unspecified atom stereocenters. The van der Waals surface area contributed by atoms with E-state index >= 15 is 0 Å². The number of unbranched alkanes of at least 4 members (excludes halogenated alkanes) is 1. The van der Waals surface area contributed by atoms with Crippen LogP contribution in [0, 0.1) is 11.8 Å². The van der Waals surface area contributed by atoms with Gasteiger partial charge < -0.3 is 29.3 Å². The third-order valence-corrected chi connectivity index (χ3v) is 9.65. The Labute approximate surface area is 257 Å². The summed E-state index contributed by atoms with van der Waals surface area (Å²) in [7, 11) is 0. The molecule has 3 fully saturated rings. The van der Waals surface area contributed by atoms with Crippen molar-refractivity contribution < 1.29 is 29.0 Å². The molecule has 1 aromatic carbocycles. The van der Waals surface area contributed by atoms with E-state index in [0.29, 0.717) is 44.0 Å². The topological polar surface area (TPSA) is 99.6 Å². The number of likely N-dealkylation sites (tertiary alicyclic amines) is 1. The molecular weight excluding hydrogens is 602 g/mol. The van der Waals surface area contributed by atoms with Crippen LogP contribution in [0.4, 0.5) is 5.69 Å². The largest absolute Gasteiger partial charge is 0.494 e. The summed E-state index contributed by atoms with van der Waals surface area (Å²) >= 11 is 3.75. The predicted octanol–water partition coefficient (Wildman–Crippen LogP) is 3.94. The van der Waals surface area contributed by atoms with Gasteiger partial charge in [-0.3, -0.25) is 14.4 Å². The highest BCUT2D eigenvalue weighted by atomic mass is 79.9. The molecule has 4 rings (SSSR count). The van der Waals surface area contributed by atoms with E-state index in [2.05, 4.69) is 36.0 Å². The number of aliphatic hydroxyl groups excluding tert-OH is 1. The van der Waals surface area contributed by atoms with E-state index in [9.17, 15) is 19.5 Å². The van der Waals surface area contributed by atoms with Gasteiger partial charge in [0.15, 0.2) is 0 Å². The number of aliphatic hydroxyl groups is 1. The molecule has 42 heavy (non-hydrogen) atoms. The number of halogens is 1. The van der Waals surface area contributed by atoms with Crippen molar-refractivity contribution in [3.05, 3.63) is 49.6 Å². The van der Waals surface area contributed by atoms with E-state index in [4.69, 9.17) is 9.47 Å². The molecule has 3 aliphatic heterocycles. The number of hydrogen-bond donors (Lipinski definition) is 1. The van der Waals surface area contributed by atoms with Gasteiger partial charge in [0.2, 0.25) is 17.7 Å².